The smallest absolute Gasteiger partial charge is 0.152 e. The molecule has 0 aromatic heterocycles. The average molecular weight is 285 g/mol. The van der Waals surface area contributed by atoms with Crippen molar-refractivity contribution < 1.29 is 4.74 Å². The van der Waals surface area contributed by atoms with Crippen LogP contribution in [0.5, 0.6) is 5.75 Å². The van der Waals surface area contributed by atoms with Crippen LogP contribution in [0.1, 0.15) is 0 Å². The van der Waals surface area contributed by atoms with Gasteiger partial charge in [-0.1, -0.05) is 23.2 Å². The van der Waals surface area contributed by atoms with Crippen LogP contribution in [0.15, 0.2) is 16.6 Å². The molecule has 0 atom stereocenters. The third kappa shape index (κ3) is 3.02. The van der Waals surface area contributed by atoms with Gasteiger partial charge in [0.15, 0.2) is 5.75 Å². The van der Waals surface area contributed by atoms with Crippen molar-refractivity contribution in [2.75, 3.05) is 13.2 Å². The Kier molecular flexibility index (Phi) is 4.32. The molecule has 0 fully saturated rings. The van der Waals surface area contributed by atoms with Crippen LogP contribution < -0.4 is 10.5 Å². The van der Waals surface area contributed by atoms with Crippen molar-refractivity contribution in [1.82, 2.24) is 0 Å². The van der Waals surface area contributed by atoms with E-state index in [4.69, 9.17) is 33.7 Å². The number of ether oxygens (including phenoxy) is 1. The van der Waals surface area contributed by atoms with Gasteiger partial charge in [-0.15, -0.1) is 0 Å². The van der Waals surface area contributed by atoms with E-state index < -0.39 is 0 Å². The summed E-state index contributed by atoms with van der Waals surface area (Å²) in [6.45, 7) is 0.880. The monoisotopic (exact) mass is 283 g/mol. The van der Waals surface area contributed by atoms with E-state index in [1.54, 1.807) is 12.1 Å². The number of hydrogen-bond acceptors (Lipinski definition) is 2. The normalized spacial score (nSPS) is 10.2. The number of rotatable bonds is 3. The van der Waals surface area contributed by atoms with Crippen LogP contribution in [0.2, 0.25) is 10.0 Å². The molecule has 0 saturated heterocycles. The largest absolute Gasteiger partial charge is 0.490 e. The maximum absolute atomic E-state index is 5.89. The van der Waals surface area contributed by atoms with Gasteiger partial charge in [0.05, 0.1) is 9.50 Å². The third-order valence-electron chi connectivity index (χ3n) is 1.33. The lowest BCUT2D eigenvalue weighted by Gasteiger charge is -2.08. The highest BCUT2D eigenvalue weighted by Gasteiger charge is 2.07. The molecular formula is C8H8BrCl2NO. The third-order valence-corrected chi connectivity index (χ3v) is 2.42. The number of hydrogen-bond donors (Lipinski definition) is 1. The fourth-order valence-corrected chi connectivity index (χ4v) is 2.20. The molecule has 0 aliphatic heterocycles. The zero-order valence-corrected chi connectivity index (χ0v) is 9.79. The van der Waals surface area contributed by atoms with Crippen LogP contribution in [-0.2, 0) is 0 Å². The second kappa shape index (κ2) is 5.05. The predicted molar refractivity (Wildman–Crippen MR) is 58.7 cm³/mol. The molecule has 5 heteroatoms. The summed E-state index contributed by atoms with van der Waals surface area (Å²) < 4.78 is 6.04. The summed E-state index contributed by atoms with van der Waals surface area (Å²) in [4.78, 5) is 0. The van der Waals surface area contributed by atoms with Gasteiger partial charge in [-0.3, -0.25) is 0 Å². The van der Waals surface area contributed by atoms with Gasteiger partial charge in [0.25, 0.3) is 0 Å². The van der Waals surface area contributed by atoms with Crippen LogP contribution >= 0.6 is 39.1 Å². The summed E-state index contributed by atoms with van der Waals surface area (Å²) in [7, 11) is 0. The number of halogens is 3. The van der Waals surface area contributed by atoms with Crippen molar-refractivity contribution in [3.8, 4) is 5.75 Å². The minimum absolute atomic E-state index is 0.431. The molecule has 0 bridgehead atoms. The summed E-state index contributed by atoms with van der Waals surface area (Å²) in [5.41, 5.74) is 5.30. The van der Waals surface area contributed by atoms with Gasteiger partial charge in [-0.05, 0) is 28.1 Å². The maximum atomic E-state index is 5.89. The Morgan fingerprint density at radius 2 is 2.08 bits per heavy atom. The standard InChI is InChI=1S/C8H8BrCl2NO/c9-6-3-5(10)4-7(11)8(6)13-2-1-12/h3-4H,1-2,12H2. The molecule has 0 aliphatic rings. The van der Waals surface area contributed by atoms with E-state index in [9.17, 15) is 0 Å². The minimum Gasteiger partial charge on any atom is -0.490 e. The first-order valence-corrected chi connectivity index (χ1v) is 5.17. The number of nitrogens with two attached hydrogens (primary N) is 1. The van der Waals surface area contributed by atoms with Gasteiger partial charge in [-0.25, -0.2) is 0 Å². The summed E-state index contributed by atoms with van der Waals surface area (Å²) in [6.07, 6.45) is 0. The fourth-order valence-electron chi connectivity index (χ4n) is 0.828. The molecule has 0 spiro atoms. The van der Waals surface area contributed by atoms with E-state index in [1.165, 1.54) is 0 Å². The first-order chi connectivity index (χ1) is 6.15. The van der Waals surface area contributed by atoms with Gasteiger partial charge in [0.1, 0.15) is 6.61 Å². The molecule has 1 aromatic carbocycles. The molecule has 0 saturated carbocycles. The molecule has 0 unspecified atom stereocenters. The fraction of sp³-hybridized carbons (Fsp3) is 0.250. The SMILES string of the molecule is NCCOc1c(Cl)cc(Cl)cc1Br. The van der Waals surface area contributed by atoms with Crippen LogP contribution in [0.3, 0.4) is 0 Å². The van der Waals surface area contributed by atoms with E-state index >= 15 is 0 Å². The van der Waals surface area contributed by atoms with Gasteiger partial charge in [-0.2, -0.15) is 0 Å². The summed E-state index contributed by atoms with van der Waals surface area (Å²) in [5.74, 6) is 0.580. The lowest BCUT2D eigenvalue weighted by atomic mass is 10.3. The van der Waals surface area contributed by atoms with Gasteiger partial charge < -0.3 is 10.5 Å². The number of benzene rings is 1. The van der Waals surface area contributed by atoms with Crippen LogP contribution in [0, 0.1) is 0 Å². The molecule has 1 rings (SSSR count). The van der Waals surface area contributed by atoms with Crippen molar-refractivity contribution in [3.05, 3.63) is 26.7 Å². The highest BCUT2D eigenvalue weighted by molar-refractivity contribution is 9.10. The second-order valence-electron chi connectivity index (χ2n) is 2.34. The van der Waals surface area contributed by atoms with E-state index in [2.05, 4.69) is 15.9 Å². The first-order valence-electron chi connectivity index (χ1n) is 3.62. The minimum atomic E-state index is 0.431. The Hall–Kier alpha value is 0.0400. The average Bonchev–Trinajstić information content (AvgIpc) is 2.02. The van der Waals surface area contributed by atoms with Gasteiger partial charge in [0, 0.05) is 11.6 Å². The summed E-state index contributed by atoms with van der Waals surface area (Å²) in [6, 6.07) is 3.35. The lowest BCUT2D eigenvalue weighted by Crippen LogP contribution is -2.11. The van der Waals surface area contributed by atoms with Crippen LogP contribution in [-0.4, -0.2) is 13.2 Å². The molecule has 2 nitrogen and oxygen atoms in total. The summed E-state index contributed by atoms with van der Waals surface area (Å²) in [5, 5.41) is 1.05. The zero-order chi connectivity index (χ0) is 9.84. The van der Waals surface area contributed by atoms with Crippen LogP contribution in [0.25, 0.3) is 0 Å². The van der Waals surface area contributed by atoms with E-state index in [0.717, 1.165) is 4.47 Å². The summed E-state index contributed by atoms with van der Waals surface area (Å²) >= 11 is 14.9. The Morgan fingerprint density at radius 3 is 2.62 bits per heavy atom. The molecule has 0 amide bonds. The maximum Gasteiger partial charge on any atom is 0.152 e. The molecule has 13 heavy (non-hydrogen) atoms. The molecule has 2 N–H and O–H groups in total. The van der Waals surface area contributed by atoms with Crippen LogP contribution in [0.4, 0.5) is 0 Å². The molecule has 0 aliphatic carbocycles. The van der Waals surface area contributed by atoms with Crippen molar-refractivity contribution in [1.29, 1.82) is 0 Å². The highest BCUT2D eigenvalue weighted by atomic mass is 79.9. The molecule has 1 aromatic rings. The Labute approximate surface area is 95.1 Å². The second-order valence-corrected chi connectivity index (χ2v) is 4.03. The molecule has 0 radical (unpaired) electrons. The molecule has 72 valence electrons. The van der Waals surface area contributed by atoms with Gasteiger partial charge >= 0.3 is 0 Å². The first kappa shape index (κ1) is 11.1. The topological polar surface area (TPSA) is 35.2 Å². The zero-order valence-electron chi connectivity index (χ0n) is 6.69. The van der Waals surface area contributed by atoms with Gasteiger partial charge in [0.2, 0.25) is 0 Å². The van der Waals surface area contributed by atoms with Crippen molar-refractivity contribution in [2.24, 2.45) is 5.73 Å². The Balaban J connectivity index is 2.92. The lowest BCUT2D eigenvalue weighted by molar-refractivity contribution is 0.326. The Bertz CT molecular complexity index is 283. The molecular weight excluding hydrogens is 277 g/mol. The van der Waals surface area contributed by atoms with Crippen molar-refractivity contribution in [2.45, 2.75) is 0 Å². The van der Waals surface area contributed by atoms with E-state index in [-0.39, 0.29) is 0 Å². The Morgan fingerprint density at radius 1 is 1.38 bits per heavy atom. The van der Waals surface area contributed by atoms with E-state index in [0.29, 0.717) is 28.9 Å². The quantitative estimate of drug-likeness (QED) is 0.926. The molecule has 0 heterocycles. The van der Waals surface area contributed by atoms with Crippen molar-refractivity contribution >= 4 is 39.1 Å². The highest BCUT2D eigenvalue weighted by Crippen LogP contribution is 2.35. The van der Waals surface area contributed by atoms with E-state index in [1.807, 2.05) is 0 Å². The predicted octanol–water partition coefficient (Wildman–Crippen LogP) is 3.09. The van der Waals surface area contributed by atoms with Crippen molar-refractivity contribution in [3.63, 3.8) is 0 Å².